The fraction of sp³-hybridized carbons (Fsp3) is 0.167. The number of sulfone groups is 1. The number of carbonyl (C=O) groups is 1. The molecule has 140 valence electrons. The molecular weight excluding hydrogens is 370 g/mol. The molecule has 0 saturated carbocycles. The average molecular weight is 387 g/mol. The number of benzene rings is 2. The van der Waals surface area contributed by atoms with Crippen molar-refractivity contribution in [3.63, 3.8) is 0 Å². The molecule has 0 radical (unpaired) electrons. The monoisotopic (exact) mass is 387 g/mol. The Morgan fingerprint density at radius 3 is 2.52 bits per heavy atom. The van der Waals surface area contributed by atoms with E-state index in [4.69, 9.17) is 9.15 Å². The lowest BCUT2D eigenvalue weighted by Crippen LogP contribution is -2.23. The minimum atomic E-state index is -3.77. The summed E-state index contributed by atoms with van der Waals surface area (Å²) >= 11 is 0. The van der Waals surface area contributed by atoms with E-state index in [-0.39, 0.29) is 18.2 Å². The predicted octanol–water partition coefficient (Wildman–Crippen LogP) is 1.98. The number of ether oxygens (including phenoxy) is 1. The number of rotatable bonds is 7. The first-order chi connectivity index (χ1) is 13.0. The maximum Gasteiger partial charge on any atom is 0.335 e. The fourth-order valence-corrected chi connectivity index (χ4v) is 3.52. The Kier molecular flexibility index (Phi) is 5.51. The van der Waals surface area contributed by atoms with Crippen LogP contribution in [-0.4, -0.2) is 31.6 Å². The van der Waals surface area contributed by atoms with Gasteiger partial charge in [0.2, 0.25) is 15.7 Å². The van der Waals surface area contributed by atoms with E-state index in [0.717, 1.165) is 0 Å². The van der Waals surface area contributed by atoms with Crippen LogP contribution in [-0.2, 0) is 22.1 Å². The van der Waals surface area contributed by atoms with E-state index in [1.165, 1.54) is 7.11 Å². The summed E-state index contributed by atoms with van der Waals surface area (Å²) in [5, 5.41) is 9.39. The Morgan fingerprint density at radius 1 is 1.07 bits per heavy atom. The molecule has 9 heteroatoms. The van der Waals surface area contributed by atoms with Crippen LogP contribution in [0.3, 0.4) is 0 Å². The van der Waals surface area contributed by atoms with Crippen LogP contribution in [0.25, 0.3) is 0 Å². The number of carbonyl (C=O) groups excluding carboxylic acids is 1. The zero-order valence-corrected chi connectivity index (χ0v) is 15.3. The minimum Gasteiger partial charge on any atom is -0.496 e. The molecule has 0 aliphatic heterocycles. The molecule has 1 heterocycles. The van der Waals surface area contributed by atoms with Gasteiger partial charge < -0.3 is 14.5 Å². The summed E-state index contributed by atoms with van der Waals surface area (Å²) in [5.41, 5.74) is 0.957. The highest BCUT2D eigenvalue weighted by Gasteiger charge is 2.23. The van der Waals surface area contributed by atoms with Crippen LogP contribution in [0.1, 0.15) is 21.8 Å². The standard InChI is InChI=1S/C18H17N3O5S/c1-25-15-10-6-5-9-14(15)17(22)19-11-16-20-21-18(26-16)27(23,24)12-13-7-3-2-4-8-13/h2-10H,11-12H2,1H3,(H,19,22). The SMILES string of the molecule is COc1ccccc1C(=O)NCc1nnc(S(=O)(=O)Cc2ccccc2)o1. The van der Waals surface area contributed by atoms with Gasteiger partial charge in [0.05, 0.1) is 25.0 Å². The molecular formula is C18H17N3O5S. The second-order valence-electron chi connectivity index (χ2n) is 5.59. The van der Waals surface area contributed by atoms with Crippen molar-refractivity contribution in [3.05, 3.63) is 71.6 Å². The van der Waals surface area contributed by atoms with E-state index >= 15 is 0 Å². The molecule has 2 aromatic carbocycles. The molecule has 0 spiro atoms. The van der Waals surface area contributed by atoms with Crippen molar-refractivity contribution in [2.24, 2.45) is 0 Å². The summed E-state index contributed by atoms with van der Waals surface area (Å²) in [6.45, 7) is -0.106. The van der Waals surface area contributed by atoms with Gasteiger partial charge in [-0.3, -0.25) is 4.79 Å². The van der Waals surface area contributed by atoms with Crippen LogP contribution in [0, 0.1) is 0 Å². The summed E-state index contributed by atoms with van der Waals surface area (Å²) in [6.07, 6.45) is 0. The number of amides is 1. The van der Waals surface area contributed by atoms with Crippen LogP contribution in [0.2, 0.25) is 0 Å². The van der Waals surface area contributed by atoms with Crippen LogP contribution in [0.15, 0.2) is 64.2 Å². The van der Waals surface area contributed by atoms with Gasteiger partial charge in [-0.05, 0) is 17.7 Å². The first-order valence-electron chi connectivity index (χ1n) is 8.00. The Balaban J connectivity index is 1.66. The summed E-state index contributed by atoms with van der Waals surface area (Å²) in [6, 6.07) is 15.4. The van der Waals surface area contributed by atoms with Crippen LogP contribution < -0.4 is 10.1 Å². The third-order valence-corrected chi connectivity index (χ3v) is 5.08. The molecule has 0 saturated heterocycles. The van der Waals surface area contributed by atoms with Crippen LogP contribution >= 0.6 is 0 Å². The van der Waals surface area contributed by atoms with Gasteiger partial charge in [0.1, 0.15) is 5.75 Å². The number of aromatic nitrogens is 2. The van der Waals surface area contributed by atoms with E-state index in [1.807, 2.05) is 0 Å². The summed E-state index contributed by atoms with van der Waals surface area (Å²) in [4.78, 5) is 12.2. The van der Waals surface area contributed by atoms with Gasteiger partial charge in [-0.15, -0.1) is 5.10 Å². The van der Waals surface area contributed by atoms with E-state index in [0.29, 0.717) is 16.9 Å². The number of hydrogen-bond donors (Lipinski definition) is 1. The minimum absolute atomic E-state index is 0.00937. The van der Waals surface area contributed by atoms with E-state index in [9.17, 15) is 13.2 Å². The lowest BCUT2D eigenvalue weighted by Gasteiger charge is -2.07. The third kappa shape index (κ3) is 4.50. The highest BCUT2D eigenvalue weighted by molar-refractivity contribution is 7.90. The van der Waals surface area contributed by atoms with Crippen LogP contribution in [0.5, 0.6) is 5.75 Å². The topological polar surface area (TPSA) is 111 Å². The normalized spacial score (nSPS) is 11.1. The molecule has 1 aromatic heterocycles. The van der Waals surface area contributed by atoms with Crippen LogP contribution in [0.4, 0.5) is 0 Å². The first kappa shape index (κ1) is 18.6. The maximum absolute atomic E-state index is 12.4. The Labute approximate surface area is 156 Å². The molecule has 3 rings (SSSR count). The van der Waals surface area contributed by atoms with Gasteiger partial charge in [0, 0.05) is 0 Å². The van der Waals surface area contributed by atoms with Crippen molar-refractivity contribution in [1.29, 1.82) is 0 Å². The van der Waals surface area contributed by atoms with Crippen molar-refractivity contribution in [3.8, 4) is 5.75 Å². The van der Waals surface area contributed by atoms with Crippen molar-refractivity contribution in [1.82, 2.24) is 15.5 Å². The Hall–Kier alpha value is -3.20. The first-order valence-corrected chi connectivity index (χ1v) is 9.65. The Bertz CT molecular complexity index is 1030. The second-order valence-corrected chi connectivity index (χ2v) is 7.46. The summed E-state index contributed by atoms with van der Waals surface area (Å²) in [5.74, 6) is -0.237. The lowest BCUT2D eigenvalue weighted by molar-refractivity contribution is 0.0943. The summed E-state index contributed by atoms with van der Waals surface area (Å²) in [7, 11) is -2.30. The lowest BCUT2D eigenvalue weighted by atomic mass is 10.2. The fourth-order valence-electron chi connectivity index (χ4n) is 2.37. The third-order valence-electron chi connectivity index (χ3n) is 3.67. The number of para-hydroxylation sites is 1. The van der Waals surface area contributed by atoms with Gasteiger partial charge in [-0.25, -0.2) is 8.42 Å². The smallest absolute Gasteiger partial charge is 0.335 e. The molecule has 0 fully saturated rings. The van der Waals surface area contributed by atoms with E-state index in [2.05, 4.69) is 15.5 Å². The molecule has 1 N–H and O–H groups in total. The number of nitrogens with one attached hydrogen (secondary N) is 1. The average Bonchev–Trinajstić information content (AvgIpc) is 3.16. The van der Waals surface area contributed by atoms with Crippen molar-refractivity contribution in [2.45, 2.75) is 17.5 Å². The number of nitrogens with zero attached hydrogens (tertiary/aromatic N) is 2. The molecule has 0 aliphatic carbocycles. The Morgan fingerprint density at radius 2 is 1.78 bits per heavy atom. The maximum atomic E-state index is 12.4. The molecule has 1 amide bonds. The molecule has 0 unspecified atom stereocenters. The van der Waals surface area contributed by atoms with Crippen molar-refractivity contribution >= 4 is 15.7 Å². The molecule has 0 aliphatic rings. The van der Waals surface area contributed by atoms with Gasteiger partial charge in [0.15, 0.2) is 0 Å². The van der Waals surface area contributed by atoms with Crippen molar-refractivity contribution in [2.75, 3.05) is 7.11 Å². The zero-order chi connectivity index (χ0) is 19.3. The van der Waals surface area contributed by atoms with Gasteiger partial charge in [-0.1, -0.05) is 47.6 Å². The highest BCUT2D eigenvalue weighted by Crippen LogP contribution is 2.18. The van der Waals surface area contributed by atoms with E-state index < -0.39 is 21.0 Å². The summed E-state index contributed by atoms with van der Waals surface area (Å²) < 4.78 is 35.1. The molecule has 0 atom stereocenters. The zero-order valence-electron chi connectivity index (χ0n) is 14.5. The van der Waals surface area contributed by atoms with E-state index in [1.54, 1.807) is 54.6 Å². The largest absolute Gasteiger partial charge is 0.496 e. The molecule has 0 bridgehead atoms. The van der Waals surface area contributed by atoms with Gasteiger partial charge >= 0.3 is 5.22 Å². The number of hydrogen-bond acceptors (Lipinski definition) is 7. The molecule has 3 aromatic rings. The van der Waals surface area contributed by atoms with Crippen molar-refractivity contribution < 1.29 is 22.4 Å². The second kappa shape index (κ2) is 8.00. The quantitative estimate of drug-likeness (QED) is 0.660. The predicted molar refractivity (Wildman–Crippen MR) is 95.8 cm³/mol. The molecule has 8 nitrogen and oxygen atoms in total. The molecule has 27 heavy (non-hydrogen) atoms. The van der Waals surface area contributed by atoms with Gasteiger partial charge in [-0.2, -0.15) is 0 Å². The highest BCUT2D eigenvalue weighted by atomic mass is 32.2. The van der Waals surface area contributed by atoms with Gasteiger partial charge in [0.25, 0.3) is 5.91 Å². The number of methoxy groups -OCH3 is 1.